The van der Waals surface area contributed by atoms with Crippen LogP contribution >= 0.6 is 23.2 Å². The Morgan fingerprint density at radius 1 is 1.24 bits per heavy atom. The average Bonchev–Trinajstić information content (AvgIpc) is 2.43. The number of hydrogen-bond acceptors (Lipinski definition) is 4. The number of hydrogen-bond donors (Lipinski definition) is 1. The second kappa shape index (κ2) is 6.17. The molecule has 1 aromatic heterocycles. The van der Waals surface area contributed by atoms with Crippen LogP contribution in [0.1, 0.15) is 18.2 Å². The maximum atomic E-state index is 12.5. The van der Waals surface area contributed by atoms with Gasteiger partial charge in [0.1, 0.15) is 11.2 Å². The molecular weight excluding hydrogens is 333 g/mol. The third-order valence-corrected chi connectivity index (χ3v) is 5.11. The molecule has 0 unspecified atom stereocenters. The average molecular weight is 346 g/mol. The van der Waals surface area contributed by atoms with Crippen molar-refractivity contribution in [1.82, 2.24) is 9.97 Å². The summed E-state index contributed by atoms with van der Waals surface area (Å²) in [5.74, 6) is 0. The monoisotopic (exact) mass is 345 g/mol. The second-order valence-corrected chi connectivity index (χ2v) is 6.84. The molecule has 8 heteroatoms. The Morgan fingerprint density at radius 3 is 2.62 bits per heavy atom. The molecule has 0 saturated carbocycles. The zero-order valence-electron chi connectivity index (χ0n) is 11.4. The smallest absolute Gasteiger partial charge is 0.263 e. The van der Waals surface area contributed by atoms with Gasteiger partial charge in [0.25, 0.3) is 10.0 Å². The number of aryl methyl sites for hydroxylation is 2. The Hall–Kier alpha value is -1.37. The Morgan fingerprint density at radius 2 is 1.95 bits per heavy atom. The molecule has 1 N–H and O–H groups in total. The molecule has 112 valence electrons. The molecule has 2 rings (SSSR count). The molecule has 5 nitrogen and oxygen atoms in total. The Kier molecular flexibility index (Phi) is 4.70. The van der Waals surface area contributed by atoms with Crippen molar-refractivity contribution >= 4 is 38.9 Å². The van der Waals surface area contributed by atoms with Gasteiger partial charge in [-0.1, -0.05) is 30.1 Å². The van der Waals surface area contributed by atoms with Crippen molar-refractivity contribution in [2.24, 2.45) is 0 Å². The topological polar surface area (TPSA) is 72.0 Å². The molecule has 0 bridgehead atoms. The lowest BCUT2D eigenvalue weighted by Gasteiger charge is -2.12. The Labute approximate surface area is 133 Å². The van der Waals surface area contributed by atoms with Crippen LogP contribution in [0.15, 0.2) is 29.6 Å². The van der Waals surface area contributed by atoms with Gasteiger partial charge in [0.05, 0.1) is 22.6 Å². The summed E-state index contributed by atoms with van der Waals surface area (Å²) in [5, 5.41) is 0.476. The molecule has 0 fully saturated rings. The first-order valence-corrected chi connectivity index (χ1v) is 8.36. The first-order valence-electron chi connectivity index (χ1n) is 6.12. The number of nitrogens with one attached hydrogen (secondary N) is 1. The predicted octanol–water partition coefficient (Wildman–Crippen LogP) is 3.46. The molecule has 0 amide bonds. The van der Waals surface area contributed by atoms with Crippen LogP contribution in [0.4, 0.5) is 5.69 Å². The van der Waals surface area contributed by atoms with Crippen molar-refractivity contribution in [3.05, 3.63) is 46.0 Å². The zero-order chi connectivity index (χ0) is 15.6. The summed E-state index contributed by atoms with van der Waals surface area (Å²) >= 11 is 11.9. The van der Waals surface area contributed by atoms with Gasteiger partial charge in [0.2, 0.25) is 0 Å². The summed E-state index contributed by atoms with van der Waals surface area (Å²) in [6.07, 6.45) is 3.36. The van der Waals surface area contributed by atoms with E-state index in [2.05, 4.69) is 14.7 Å². The van der Waals surface area contributed by atoms with Gasteiger partial charge in [-0.15, -0.1) is 0 Å². The van der Waals surface area contributed by atoms with Crippen LogP contribution in [-0.4, -0.2) is 18.4 Å². The molecule has 1 aromatic carbocycles. The number of nitrogens with zero attached hydrogens (tertiary/aromatic N) is 2. The van der Waals surface area contributed by atoms with Crippen molar-refractivity contribution in [3.63, 3.8) is 0 Å². The molecule has 0 radical (unpaired) electrons. The Bertz CT molecular complexity index is 779. The third kappa shape index (κ3) is 3.45. The minimum absolute atomic E-state index is 0.0306. The molecule has 0 saturated heterocycles. The molecular formula is C13H13Cl2N3O2S. The highest BCUT2D eigenvalue weighted by molar-refractivity contribution is 7.92. The molecule has 0 aliphatic carbocycles. The normalized spacial score (nSPS) is 11.4. The quantitative estimate of drug-likeness (QED) is 0.920. The molecule has 0 spiro atoms. The van der Waals surface area contributed by atoms with Crippen molar-refractivity contribution in [3.8, 4) is 0 Å². The van der Waals surface area contributed by atoms with E-state index in [1.807, 2.05) is 6.92 Å². The van der Waals surface area contributed by atoms with E-state index in [4.69, 9.17) is 23.2 Å². The fraction of sp³-hybridized carbons (Fsp3) is 0.231. The fourth-order valence-corrected chi connectivity index (χ4v) is 3.66. The van der Waals surface area contributed by atoms with Gasteiger partial charge in [0.15, 0.2) is 0 Å². The summed E-state index contributed by atoms with van der Waals surface area (Å²) < 4.78 is 27.4. The number of anilines is 1. The van der Waals surface area contributed by atoms with Crippen molar-refractivity contribution < 1.29 is 8.42 Å². The highest BCUT2D eigenvalue weighted by Crippen LogP contribution is 2.29. The second-order valence-electron chi connectivity index (χ2n) is 4.37. The summed E-state index contributed by atoms with van der Waals surface area (Å²) in [5.41, 5.74) is 1.57. The number of sulfonamides is 1. The van der Waals surface area contributed by atoms with Gasteiger partial charge in [-0.3, -0.25) is 4.72 Å². The van der Waals surface area contributed by atoms with E-state index in [-0.39, 0.29) is 9.92 Å². The summed E-state index contributed by atoms with van der Waals surface area (Å²) in [6, 6.07) is 2.84. The van der Waals surface area contributed by atoms with Crippen molar-refractivity contribution in [2.75, 3.05) is 4.72 Å². The first-order chi connectivity index (χ1) is 9.85. The third-order valence-electron chi connectivity index (χ3n) is 2.88. The molecule has 0 aliphatic rings. The van der Waals surface area contributed by atoms with Gasteiger partial charge >= 0.3 is 0 Å². The molecule has 0 atom stereocenters. The highest BCUT2D eigenvalue weighted by Gasteiger charge is 2.21. The summed E-state index contributed by atoms with van der Waals surface area (Å²) in [4.78, 5) is 7.84. The van der Waals surface area contributed by atoms with Gasteiger partial charge < -0.3 is 0 Å². The lowest BCUT2D eigenvalue weighted by atomic mass is 10.2. The van der Waals surface area contributed by atoms with Gasteiger partial charge in [-0.05, 0) is 31.0 Å². The Balaban J connectivity index is 2.46. The van der Waals surface area contributed by atoms with Crippen LogP contribution in [0.2, 0.25) is 10.0 Å². The van der Waals surface area contributed by atoms with E-state index in [9.17, 15) is 8.42 Å². The summed E-state index contributed by atoms with van der Waals surface area (Å²) in [6.45, 7) is 3.58. The van der Waals surface area contributed by atoms with Crippen LogP contribution in [0.5, 0.6) is 0 Å². The predicted molar refractivity (Wildman–Crippen MR) is 83.4 cm³/mol. The maximum absolute atomic E-state index is 12.5. The van der Waals surface area contributed by atoms with Crippen molar-refractivity contribution in [2.45, 2.75) is 25.2 Å². The van der Waals surface area contributed by atoms with E-state index < -0.39 is 10.0 Å². The largest absolute Gasteiger partial charge is 0.276 e. The maximum Gasteiger partial charge on any atom is 0.263 e. The minimum Gasteiger partial charge on any atom is -0.276 e. The zero-order valence-corrected chi connectivity index (χ0v) is 13.7. The van der Waals surface area contributed by atoms with Crippen LogP contribution in [0, 0.1) is 6.92 Å². The van der Waals surface area contributed by atoms with Crippen LogP contribution in [0.3, 0.4) is 0 Å². The van der Waals surface area contributed by atoms with E-state index in [0.717, 1.165) is 0 Å². The summed E-state index contributed by atoms with van der Waals surface area (Å²) in [7, 11) is -3.84. The SMILES string of the molecule is CCc1ncncc1NS(=O)(=O)c1cc(C)c(Cl)cc1Cl. The van der Waals surface area contributed by atoms with Crippen LogP contribution in [-0.2, 0) is 16.4 Å². The number of benzene rings is 1. The highest BCUT2D eigenvalue weighted by atomic mass is 35.5. The molecule has 1 heterocycles. The standard InChI is InChI=1S/C13H13Cl2N3O2S/c1-3-11-12(6-16-7-17-11)18-21(19,20)13-4-8(2)9(14)5-10(13)15/h4-7,18H,3H2,1-2H3. The lowest BCUT2D eigenvalue weighted by Crippen LogP contribution is -2.15. The fourth-order valence-electron chi connectivity index (χ4n) is 1.76. The first kappa shape index (κ1) is 16.0. The van der Waals surface area contributed by atoms with Gasteiger partial charge in [-0.25, -0.2) is 18.4 Å². The molecule has 0 aliphatic heterocycles. The van der Waals surface area contributed by atoms with E-state index >= 15 is 0 Å². The van der Waals surface area contributed by atoms with Crippen LogP contribution in [0.25, 0.3) is 0 Å². The lowest BCUT2D eigenvalue weighted by molar-refractivity contribution is 0.601. The number of halogens is 2. The van der Waals surface area contributed by atoms with Gasteiger partial charge in [-0.2, -0.15) is 0 Å². The van der Waals surface area contributed by atoms with Crippen molar-refractivity contribution in [1.29, 1.82) is 0 Å². The minimum atomic E-state index is -3.84. The number of aromatic nitrogens is 2. The van der Waals surface area contributed by atoms with E-state index in [1.54, 1.807) is 6.92 Å². The number of rotatable bonds is 4. The molecule has 21 heavy (non-hydrogen) atoms. The molecule has 2 aromatic rings. The van der Waals surface area contributed by atoms with E-state index in [1.165, 1.54) is 24.7 Å². The van der Waals surface area contributed by atoms with Crippen LogP contribution < -0.4 is 4.72 Å². The van der Waals surface area contributed by atoms with Gasteiger partial charge in [0, 0.05) is 5.02 Å². The van der Waals surface area contributed by atoms with E-state index in [0.29, 0.717) is 28.4 Å².